The first kappa shape index (κ1) is 21.5. The molecule has 144 valence electrons. The van der Waals surface area contributed by atoms with Gasteiger partial charge in [0.25, 0.3) is 0 Å². The van der Waals surface area contributed by atoms with E-state index in [1.165, 1.54) is 0 Å². The van der Waals surface area contributed by atoms with Crippen molar-refractivity contribution in [2.45, 2.75) is 52.1 Å². The Balaban J connectivity index is 2.53. The highest BCUT2D eigenvalue weighted by Crippen LogP contribution is 2.20. The van der Waals surface area contributed by atoms with Crippen LogP contribution in [0, 0.1) is 0 Å². The number of hydrogen-bond acceptors (Lipinski definition) is 6. The van der Waals surface area contributed by atoms with Gasteiger partial charge < -0.3 is 23.7 Å². The molecule has 2 N–H and O–H groups in total. The average Bonchev–Trinajstić information content (AvgIpc) is 2.94. The van der Waals surface area contributed by atoms with E-state index < -0.39 is 32.8 Å². The van der Waals surface area contributed by atoms with Crippen molar-refractivity contribution in [3.63, 3.8) is 0 Å². The number of carboxylic acid groups (broad SMARTS) is 1. The Morgan fingerprint density at radius 3 is 2.24 bits per heavy atom. The Labute approximate surface area is 149 Å². The zero-order valence-corrected chi connectivity index (χ0v) is 16.1. The van der Waals surface area contributed by atoms with Gasteiger partial charge in [0.15, 0.2) is 0 Å². The van der Waals surface area contributed by atoms with Crippen molar-refractivity contribution in [3.05, 3.63) is 0 Å². The van der Waals surface area contributed by atoms with Gasteiger partial charge in [-0.25, -0.2) is 14.5 Å². The summed E-state index contributed by atoms with van der Waals surface area (Å²) in [4.78, 5) is 35.8. The number of urea groups is 1. The molecule has 1 unspecified atom stereocenters. The summed E-state index contributed by atoms with van der Waals surface area (Å²) in [6.45, 7) is 7.30. The molecule has 1 atom stereocenters. The minimum absolute atomic E-state index is 0.0689. The molecule has 0 aromatic rings. The van der Waals surface area contributed by atoms with Crippen LogP contribution < -0.4 is 5.32 Å². The molecule has 25 heavy (non-hydrogen) atoms. The quantitative estimate of drug-likeness (QED) is 0.411. The largest absolute Gasteiger partial charge is 0.500 e. The zero-order valence-electron chi connectivity index (χ0n) is 15.1. The lowest BCUT2D eigenvalue weighted by Crippen LogP contribution is -2.49. The van der Waals surface area contributed by atoms with Crippen LogP contribution in [0.5, 0.6) is 0 Å². The summed E-state index contributed by atoms with van der Waals surface area (Å²) in [5, 5.41) is 11.7. The van der Waals surface area contributed by atoms with Crippen LogP contribution >= 0.6 is 0 Å². The highest BCUT2D eigenvalue weighted by atomic mass is 28.4. The third-order valence-corrected chi connectivity index (χ3v) is 6.90. The van der Waals surface area contributed by atoms with Crippen molar-refractivity contribution in [1.82, 2.24) is 10.2 Å². The summed E-state index contributed by atoms with van der Waals surface area (Å²) >= 11 is 0. The van der Waals surface area contributed by atoms with Gasteiger partial charge in [-0.05, 0) is 33.6 Å². The van der Waals surface area contributed by atoms with Crippen molar-refractivity contribution >= 4 is 26.7 Å². The molecule has 0 radical (unpaired) electrons. The molecular weight excluding hydrogens is 348 g/mol. The highest BCUT2D eigenvalue weighted by molar-refractivity contribution is 6.60. The molecule has 1 fully saturated rings. The Hall–Kier alpha value is -1.49. The number of nitrogens with zero attached hydrogens (tertiary/aromatic N) is 1. The number of rotatable bonds is 11. The fraction of sp³-hybridized carbons (Fsp3) is 0.800. The van der Waals surface area contributed by atoms with Gasteiger partial charge in [0, 0.05) is 38.8 Å². The Morgan fingerprint density at radius 1 is 1.20 bits per heavy atom. The lowest BCUT2D eigenvalue weighted by molar-refractivity contribution is -0.144. The third kappa shape index (κ3) is 6.06. The second kappa shape index (κ2) is 10.5. The van der Waals surface area contributed by atoms with E-state index in [0.717, 1.165) is 4.90 Å². The molecule has 3 amide bonds. The van der Waals surface area contributed by atoms with E-state index >= 15 is 0 Å². The molecule has 1 heterocycles. The molecular formula is C15H28N2O7Si. The number of aliphatic carboxylic acids is 1. The smallest absolute Gasteiger partial charge is 0.480 e. The molecule has 0 bridgehead atoms. The van der Waals surface area contributed by atoms with E-state index in [0.29, 0.717) is 32.3 Å². The van der Waals surface area contributed by atoms with Gasteiger partial charge in [0.2, 0.25) is 5.91 Å². The first-order valence-corrected chi connectivity index (χ1v) is 10.6. The molecule has 1 saturated heterocycles. The standard InChI is InChI=1S/C15H28N2O7Si/c1-4-22-25(23-5-2,24-6-3)11-7-10-16-15(21)17-12(14(19)20)8-9-13(17)18/h12H,4-11H2,1-3H3,(H,16,21)(H,19,20). The summed E-state index contributed by atoms with van der Waals surface area (Å²) < 4.78 is 17.2. The summed E-state index contributed by atoms with van der Waals surface area (Å²) in [6.07, 6.45) is 0.758. The van der Waals surface area contributed by atoms with E-state index in [4.69, 9.17) is 18.4 Å². The number of carbonyl (C=O) groups is 3. The van der Waals surface area contributed by atoms with Crippen molar-refractivity contribution in [3.8, 4) is 0 Å². The molecule has 0 aromatic carbocycles. The second-order valence-corrected chi connectivity index (χ2v) is 8.21. The maximum atomic E-state index is 12.1. The lowest BCUT2D eigenvalue weighted by Gasteiger charge is -2.28. The van der Waals surface area contributed by atoms with Crippen molar-refractivity contribution in [2.24, 2.45) is 0 Å². The van der Waals surface area contributed by atoms with Gasteiger partial charge >= 0.3 is 20.8 Å². The lowest BCUT2D eigenvalue weighted by atomic mass is 10.2. The molecule has 0 spiro atoms. The van der Waals surface area contributed by atoms with Gasteiger partial charge in [0.05, 0.1) is 0 Å². The van der Waals surface area contributed by atoms with Crippen LogP contribution in [0.15, 0.2) is 0 Å². The van der Waals surface area contributed by atoms with Crippen LogP contribution in [0.4, 0.5) is 4.79 Å². The molecule has 9 nitrogen and oxygen atoms in total. The van der Waals surface area contributed by atoms with Gasteiger partial charge in [-0.2, -0.15) is 0 Å². The SMILES string of the molecule is CCO[Si](CCCNC(=O)N1C(=O)CCC1C(=O)O)(OCC)OCC. The molecule has 0 saturated carbocycles. The first-order chi connectivity index (χ1) is 11.9. The molecule has 0 aromatic heterocycles. The number of nitrogens with one attached hydrogen (secondary N) is 1. The van der Waals surface area contributed by atoms with Crippen LogP contribution in [0.1, 0.15) is 40.0 Å². The van der Waals surface area contributed by atoms with Crippen LogP contribution in [0.3, 0.4) is 0 Å². The van der Waals surface area contributed by atoms with Gasteiger partial charge in [-0.1, -0.05) is 0 Å². The number of carbonyl (C=O) groups excluding carboxylic acids is 2. The average molecular weight is 376 g/mol. The number of amides is 3. The maximum Gasteiger partial charge on any atom is 0.500 e. The summed E-state index contributed by atoms with van der Waals surface area (Å²) in [5.74, 6) is -1.64. The Bertz CT molecular complexity index is 458. The highest BCUT2D eigenvalue weighted by Gasteiger charge is 2.41. The Kier molecular flexibility index (Phi) is 9.04. The first-order valence-electron chi connectivity index (χ1n) is 8.65. The molecule has 0 aliphatic carbocycles. The second-order valence-electron chi connectivity index (χ2n) is 5.47. The predicted octanol–water partition coefficient (Wildman–Crippen LogP) is 1.21. The topological polar surface area (TPSA) is 114 Å². The number of imide groups is 1. The van der Waals surface area contributed by atoms with E-state index in [2.05, 4.69) is 5.32 Å². The van der Waals surface area contributed by atoms with E-state index in [-0.39, 0.29) is 19.4 Å². The predicted molar refractivity (Wildman–Crippen MR) is 91.0 cm³/mol. The van der Waals surface area contributed by atoms with Crippen LogP contribution in [0.2, 0.25) is 6.04 Å². The monoisotopic (exact) mass is 376 g/mol. The number of carboxylic acids is 1. The molecule has 1 aliphatic rings. The van der Waals surface area contributed by atoms with Crippen molar-refractivity contribution < 1.29 is 32.8 Å². The van der Waals surface area contributed by atoms with E-state index in [1.807, 2.05) is 20.8 Å². The third-order valence-electron chi connectivity index (χ3n) is 3.74. The van der Waals surface area contributed by atoms with Crippen LogP contribution in [-0.2, 0) is 22.9 Å². The molecule has 1 rings (SSSR count). The maximum absolute atomic E-state index is 12.1. The fourth-order valence-electron chi connectivity index (χ4n) is 2.76. The van der Waals surface area contributed by atoms with Crippen molar-refractivity contribution in [1.29, 1.82) is 0 Å². The number of hydrogen-bond donors (Lipinski definition) is 2. The fourth-order valence-corrected chi connectivity index (χ4v) is 5.37. The van der Waals surface area contributed by atoms with Crippen LogP contribution in [-0.4, -0.2) is 69.1 Å². The van der Waals surface area contributed by atoms with Crippen LogP contribution in [0.25, 0.3) is 0 Å². The van der Waals surface area contributed by atoms with Gasteiger partial charge in [-0.15, -0.1) is 0 Å². The number of likely N-dealkylation sites (tertiary alicyclic amines) is 1. The molecule has 1 aliphatic heterocycles. The summed E-state index contributed by atoms with van der Waals surface area (Å²) in [7, 11) is -2.77. The normalized spacial score (nSPS) is 17.8. The summed E-state index contributed by atoms with van der Waals surface area (Å²) in [5.41, 5.74) is 0. The zero-order chi connectivity index (χ0) is 18.9. The Morgan fingerprint density at radius 2 is 1.76 bits per heavy atom. The van der Waals surface area contributed by atoms with E-state index in [1.54, 1.807) is 0 Å². The van der Waals surface area contributed by atoms with Gasteiger partial charge in [-0.3, -0.25) is 4.79 Å². The van der Waals surface area contributed by atoms with Crippen molar-refractivity contribution in [2.75, 3.05) is 26.4 Å². The van der Waals surface area contributed by atoms with Gasteiger partial charge in [0.1, 0.15) is 6.04 Å². The summed E-state index contributed by atoms with van der Waals surface area (Å²) in [6, 6.07) is -1.23. The molecule has 10 heteroatoms. The van der Waals surface area contributed by atoms with E-state index in [9.17, 15) is 14.4 Å². The minimum Gasteiger partial charge on any atom is -0.480 e. The minimum atomic E-state index is -2.77.